The van der Waals surface area contributed by atoms with Crippen LogP contribution in [0.15, 0.2) is 42.5 Å². The highest BCUT2D eigenvalue weighted by Gasteiger charge is 2.11. The summed E-state index contributed by atoms with van der Waals surface area (Å²) < 4.78 is 18.9. The molecule has 0 saturated carbocycles. The zero-order valence-corrected chi connectivity index (χ0v) is 11.1. The Bertz CT molecular complexity index is 547. The van der Waals surface area contributed by atoms with Crippen molar-refractivity contribution < 1.29 is 14.2 Å². The van der Waals surface area contributed by atoms with Gasteiger partial charge in [-0.05, 0) is 49.2 Å². The molecule has 0 unspecified atom stereocenters. The third-order valence-electron chi connectivity index (χ3n) is 2.98. The summed E-state index contributed by atoms with van der Waals surface area (Å²) in [5.74, 6) is 0.760. The van der Waals surface area contributed by atoms with Crippen molar-refractivity contribution in [3.8, 4) is 11.5 Å². The van der Waals surface area contributed by atoms with E-state index in [-0.39, 0.29) is 5.82 Å². The van der Waals surface area contributed by atoms with Crippen LogP contribution < -0.4 is 4.74 Å². The summed E-state index contributed by atoms with van der Waals surface area (Å²) in [6.45, 7) is 3.67. The summed E-state index contributed by atoms with van der Waals surface area (Å²) in [6, 6.07) is 11.9. The second-order valence-electron chi connectivity index (χ2n) is 4.46. The van der Waals surface area contributed by atoms with Crippen LogP contribution in [0.5, 0.6) is 11.5 Å². The summed E-state index contributed by atoms with van der Waals surface area (Å²) in [7, 11) is 0. The first kappa shape index (κ1) is 13.6. The number of benzene rings is 2. The predicted octanol–water partition coefficient (Wildman–Crippen LogP) is 4.23. The third-order valence-corrected chi connectivity index (χ3v) is 2.98. The summed E-state index contributed by atoms with van der Waals surface area (Å²) in [4.78, 5) is 0. The zero-order valence-electron chi connectivity index (χ0n) is 11.1. The Kier molecular flexibility index (Phi) is 4.17. The van der Waals surface area contributed by atoms with E-state index in [1.165, 1.54) is 23.8 Å². The van der Waals surface area contributed by atoms with Crippen molar-refractivity contribution in [2.45, 2.75) is 26.4 Å². The van der Waals surface area contributed by atoms with Crippen LogP contribution in [0.3, 0.4) is 0 Å². The SMILES string of the molecule is CCc1ccc(Oc2ccc(F)cc2[C@@H](C)O)cc1. The van der Waals surface area contributed by atoms with Gasteiger partial charge in [0, 0.05) is 5.56 Å². The highest BCUT2D eigenvalue weighted by molar-refractivity contribution is 5.40. The fourth-order valence-corrected chi connectivity index (χ4v) is 1.86. The van der Waals surface area contributed by atoms with Gasteiger partial charge in [-0.1, -0.05) is 19.1 Å². The molecule has 19 heavy (non-hydrogen) atoms. The van der Waals surface area contributed by atoms with Crippen LogP contribution in [0.1, 0.15) is 31.1 Å². The van der Waals surface area contributed by atoms with Crippen molar-refractivity contribution in [1.82, 2.24) is 0 Å². The van der Waals surface area contributed by atoms with Gasteiger partial charge in [0.25, 0.3) is 0 Å². The molecule has 0 bridgehead atoms. The third kappa shape index (κ3) is 3.32. The van der Waals surface area contributed by atoms with E-state index in [1.807, 2.05) is 24.3 Å². The van der Waals surface area contributed by atoms with Crippen LogP contribution in [-0.2, 0) is 6.42 Å². The molecular weight excluding hydrogens is 243 g/mol. The Morgan fingerprint density at radius 3 is 2.42 bits per heavy atom. The molecule has 0 aliphatic heterocycles. The molecule has 0 aliphatic carbocycles. The Balaban J connectivity index is 2.26. The fraction of sp³-hybridized carbons (Fsp3) is 0.250. The van der Waals surface area contributed by atoms with Crippen LogP contribution in [-0.4, -0.2) is 5.11 Å². The number of halogens is 1. The van der Waals surface area contributed by atoms with E-state index in [2.05, 4.69) is 6.92 Å². The summed E-state index contributed by atoms with van der Waals surface area (Å²) in [6.07, 6.45) is 0.191. The monoisotopic (exact) mass is 260 g/mol. The lowest BCUT2D eigenvalue weighted by atomic mass is 10.1. The highest BCUT2D eigenvalue weighted by atomic mass is 19.1. The number of hydrogen-bond donors (Lipinski definition) is 1. The Hall–Kier alpha value is -1.87. The molecule has 0 fully saturated rings. The van der Waals surface area contributed by atoms with Gasteiger partial charge in [0.2, 0.25) is 0 Å². The van der Waals surface area contributed by atoms with Gasteiger partial charge in [-0.2, -0.15) is 0 Å². The van der Waals surface area contributed by atoms with E-state index in [0.717, 1.165) is 6.42 Å². The lowest BCUT2D eigenvalue weighted by molar-refractivity contribution is 0.195. The Labute approximate surface area is 112 Å². The van der Waals surface area contributed by atoms with Gasteiger partial charge in [0.05, 0.1) is 6.10 Å². The minimum atomic E-state index is -0.777. The van der Waals surface area contributed by atoms with E-state index in [0.29, 0.717) is 17.1 Å². The molecule has 0 radical (unpaired) electrons. The smallest absolute Gasteiger partial charge is 0.133 e. The first-order valence-electron chi connectivity index (χ1n) is 6.34. The largest absolute Gasteiger partial charge is 0.457 e. The molecule has 2 aromatic carbocycles. The van der Waals surface area contributed by atoms with Crippen LogP contribution in [0.4, 0.5) is 4.39 Å². The van der Waals surface area contributed by atoms with Gasteiger partial charge in [-0.3, -0.25) is 0 Å². The Morgan fingerprint density at radius 2 is 1.84 bits per heavy atom. The van der Waals surface area contributed by atoms with E-state index in [9.17, 15) is 9.50 Å². The maximum Gasteiger partial charge on any atom is 0.133 e. The van der Waals surface area contributed by atoms with Crippen molar-refractivity contribution in [3.05, 3.63) is 59.4 Å². The average molecular weight is 260 g/mol. The van der Waals surface area contributed by atoms with Gasteiger partial charge in [-0.15, -0.1) is 0 Å². The van der Waals surface area contributed by atoms with E-state index >= 15 is 0 Å². The number of aryl methyl sites for hydroxylation is 1. The molecule has 2 nitrogen and oxygen atoms in total. The molecule has 2 aromatic rings. The van der Waals surface area contributed by atoms with Gasteiger partial charge in [-0.25, -0.2) is 4.39 Å². The fourth-order valence-electron chi connectivity index (χ4n) is 1.86. The number of ether oxygens (including phenoxy) is 1. The minimum absolute atomic E-state index is 0.385. The molecule has 1 atom stereocenters. The molecule has 0 heterocycles. The van der Waals surface area contributed by atoms with Gasteiger partial charge >= 0.3 is 0 Å². The topological polar surface area (TPSA) is 29.5 Å². The summed E-state index contributed by atoms with van der Waals surface area (Å²) in [5.41, 5.74) is 1.67. The molecule has 2 rings (SSSR count). The van der Waals surface area contributed by atoms with E-state index < -0.39 is 6.10 Å². The summed E-state index contributed by atoms with van der Waals surface area (Å²) in [5, 5.41) is 9.64. The number of aliphatic hydroxyl groups excluding tert-OH is 1. The molecular formula is C16H17FO2. The van der Waals surface area contributed by atoms with Crippen LogP contribution >= 0.6 is 0 Å². The molecule has 1 N–H and O–H groups in total. The molecule has 100 valence electrons. The number of aliphatic hydroxyl groups is 1. The van der Waals surface area contributed by atoms with Crippen molar-refractivity contribution in [3.63, 3.8) is 0 Å². The molecule has 0 spiro atoms. The molecule has 3 heteroatoms. The maximum atomic E-state index is 13.2. The normalized spacial score (nSPS) is 12.2. The van der Waals surface area contributed by atoms with Crippen molar-refractivity contribution in [2.75, 3.05) is 0 Å². The standard InChI is InChI=1S/C16H17FO2/c1-3-12-4-7-14(8-5-12)19-16-9-6-13(17)10-15(16)11(2)18/h4-11,18H,3H2,1-2H3/t11-/m1/s1. The number of hydrogen-bond acceptors (Lipinski definition) is 2. The molecule has 0 amide bonds. The van der Waals surface area contributed by atoms with E-state index in [1.54, 1.807) is 6.92 Å². The van der Waals surface area contributed by atoms with Crippen LogP contribution in [0, 0.1) is 5.82 Å². The number of rotatable bonds is 4. The van der Waals surface area contributed by atoms with Crippen LogP contribution in [0.25, 0.3) is 0 Å². The average Bonchev–Trinajstić information content (AvgIpc) is 2.41. The van der Waals surface area contributed by atoms with Crippen molar-refractivity contribution in [2.24, 2.45) is 0 Å². The first-order valence-corrected chi connectivity index (χ1v) is 6.34. The van der Waals surface area contributed by atoms with E-state index in [4.69, 9.17) is 4.74 Å². The second-order valence-corrected chi connectivity index (χ2v) is 4.46. The lowest BCUT2D eigenvalue weighted by Crippen LogP contribution is -1.97. The van der Waals surface area contributed by atoms with Crippen molar-refractivity contribution >= 4 is 0 Å². The van der Waals surface area contributed by atoms with Gasteiger partial charge in [0.15, 0.2) is 0 Å². The second kappa shape index (κ2) is 5.85. The molecule has 0 saturated heterocycles. The maximum absolute atomic E-state index is 13.2. The molecule has 0 aromatic heterocycles. The Morgan fingerprint density at radius 1 is 1.16 bits per heavy atom. The molecule has 0 aliphatic rings. The quantitative estimate of drug-likeness (QED) is 0.891. The minimum Gasteiger partial charge on any atom is -0.457 e. The van der Waals surface area contributed by atoms with Gasteiger partial charge in [0.1, 0.15) is 17.3 Å². The van der Waals surface area contributed by atoms with Crippen LogP contribution in [0.2, 0.25) is 0 Å². The first-order chi connectivity index (χ1) is 9.10. The van der Waals surface area contributed by atoms with Gasteiger partial charge < -0.3 is 9.84 Å². The highest BCUT2D eigenvalue weighted by Crippen LogP contribution is 2.30. The zero-order chi connectivity index (χ0) is 13.8. The summed E-state index contributed by atoms with van der Waals surface area (Å²) >= 11 is 0. The lowest BCUT2D eigenvalue weighted by Gasteiger charge is -2.13. The predicted molar refractivity (Wildman–Crippen MR) is 72.9 cm³/mol. The van der Waals surface area contributed by atoms with Crippen molar-refractivity contribution in [1.29, 1.82) is 0 Å².